The lowest BCUT2D eigenvalue weighted by Gasteiger charge is -2.16. The van der Waals surface area contributed by atoms with Crippen molar-refractivity contribution in [2.75, 3.05) is 12.0 Å². The Kier molecular flexibility index (Phi) is 5.27. The minimum atomic E-state index is -0.582. The van der Waals surface area contributed by atoms with Gasteiger partial charge in [0.2, 0.25) is 5.91 Å². The fourth-order valence-corrected chi connectivity index (χ4v) is 3.17. The molecule has 2 aromatic carbocycles. The van der Waals surface area contributed by atoms with Crippen molar-refractivity contribution in [1.82, 2.24) is 5.32 Å². The summed E-state index contributed by atoms with van der Waals surface area (Å²) in [6.07, 6.45) is 0.107. The number of hydrogen-bond donors (Lipinski definition) is 1. The zero-order chi connectivity index (χ0) is 18.0. The number of carbonyl (C=O) groups excluding carboxylic acids is 2. The molecule has 0 saturated carbocycles. The molecule has 1 atom stereocenters. The van der Waals surface area contributed by atoms with E-state index in [1.807, 2.05) is 0 Å². The van der Waals surface area contributed by atoms with E-state index in [1.54, 1.807) is 49.6 Å². The van der Waals surface area contributed by atoms with E-state index < -0.39 is 6.04 Å². The topological polar surface area (TPSA) is 58.6 Å². The minimum absolute atomic E-state index is 0.107. The Morgan fingerprint density at radius 1 is 1.16 bits per heavy atom. The maximum Gasteiger partial charge on any atom is 0.251 e. The molecule has 0 radical (unpaired) electrons. The van der Waals surface area contributed by atoms with E-state index in [0.29, 0.717) is 28.0 Å². The van der Waals surface area contributed by atoms with Crippen molar-refractivity contribution in [1.29, 1.82) is 0 Å². The quantitative estimate of drug-likeness (QED) is 0.809. The number of amides is 2. The van der Waals surface area contributed by atoms with Gasteiger partial charge in [0.1, 0.15) is 5.75 Å². The maximum absolute atomic E-state index is 12.6. The molecule has 0 aromatic heterocycles. The number of hydrogen-bond acceptors (Lipinski definition) is 4. The van der Waals surface area contributed by atoms with Crippen LogP contribution < -0.4 is 15.0 Å². The van der Waals surface area contributed by atoms with Gasteiger partial charge in [-0.05, 0) is 42.0 Å². The highest BCUT2D eigenvalue weighted by Gasteiger charge is 2.39. The fourth-order valence-electron chi connectivity index (χ4n) is 2.69. The van der Waals surface area contributed by atoms with Crippen molar-refractivity contribution in [3.05, 3.63) is 58.1 Å². The summed E-state index contributed by atoms with van der Waals surface area (Å²) in [4.78, 5) is 26.0. The summed E-state index contributed by atoms with van der Waals surface area (Å²) in [6.45, 7) is 0.371. The lowest BCUT2D eigenvalue weighted by atomic mass is 10.2. The normalized spacial score (nSPS) is 17.2. The number of anilines is 1. The fraction of sp³-hybridized carbons (Fsp3) is 0.222. The molecular formula is C18H16Cl2N2O3. The molecule has 1 heterocycles. The van der Waals surface area contributed by atoms with Crippen LogP contribution in [0.5, 0.6) is 5.75 Å². The van der Waals surface area contributed by atoms with Gasteiger partial charge in [-0.25, -0.2) is 4.90 Å². The van der Waals surface area contributed by atoms with Crippen molar-refractivity contribution in [3.8, 4) is 5.75 Å². The van der Waals surface area contributed by atoms with Gasteiger partial charge in [-0.2, -0.15) is 0 Å². The van der Waals surface area contributed by atoms with Crippen molar-refractivity contribution in [3.63, 3.8) is 0 Å². The Balaban J connectivity index is 1.70. The number of imide groups is 1. The summed E-state index contributed by atoms with van der Waals surface area (Å²) in [5.41, 5.74) is 1.35. The van der Waals surface area contributed by atoms with E-state index in [0.717, 1.165) is 5.56 Å². The number of carbonyl (C=O) groups is 2. The van der Waals surface area contributed by atoms with Crippen LogP contribution >= 0.6 is 23.2 Å². The summed E-state index contributed by atoms with van der Waals surface area (Å²) in [7, 11) is 1.56. The van der Waals surface area contributed by atoms with Gasteiger partial charge in [0.15, 0.2) is 0 Å². The second-order valence-corrected chi connectivity index (χ2v) is 6.48. The largest absolute Gasteiger partial charge is 0.497 e. The highest BCUT2D eigenvalue weighted by Crippen LogP contribution is 2.26. The smallest absolute Gasteiger partial charge is 0.251 e. The van der Waals surface area contributed by atoms with Crippen LogP contribution in [0.15, 0.2) is 42.5 Å². The van der Waals surface area contributed by atoms with Gasteiger partial charge < -0.3 is 10.1 Å². The van der Waals surface area contributed by atoms with Crippen molar-refractivity contribution in [2.24, 2.45) is 0 Å². The molecule has 5 nitrogen and oxygen atoms in total. The van der Waals surface area contributed by atoms with Crippen LogP contribution in [0.25, 0.3) is 0 Å². The first-order valence-corrected chi connectivity index (χ1v) is 8.43. The lowest BCUT2D eigenvalue weighted by molar-refractivity contribution is -0.121. The average molecular weight is 379 g/mol. The Hall–Kier alpha value is -2.08. The predicted molar refractivity (Wildman–Crippen MR) is 97.2 cm³/mol. The minimum Gasteiger partial charge on any atom is -0.497 e. The molecule has 130 valence electrons. The standard InChI is InChI=1S/C18H16Cl2N2O3/c1-25-14-6-4-13(5-7-14)22-17(23)9-16(18(22)24)21-10-11-2-3-12(19)8-15(11)20/h2-8,16,21H,9-10H2,1H3. The third kappa shape index (κ3) is 3.79. The third-order valence-electron chi connectivity index (χ3n) is 4.03. The van der Waals surface area contributed by atoms with Crippen LogP contribution in [0.4, 0.5) is 5.69 Å². The van der Waals surface area contributed by atoms with E-state index in [4.69, 9.17) is 27.9 Å². The van der Waals surface area contributed by atoms with E-state index >= 15 is 0 Å². The van der Waals surface area contributed by atoms with Crippen molar-refractivity contribution < 1.29 is 14.3 Å². The van der Waals surface area contributed by atoms with Crippen LogP contribution in [-0.4, -0.2) is 25.0 Å². The summed E-state index contributed by atoms with van der Waals surface area (Å²) >= 11 is 12.0. The number of nitrogens with zero attached hydrogens (tertiary/aromatic N) is 1. The zero-order valence-electron chi connectivity index (χ0n) is 13.5. The first kappa shape index (κ1) is 17.7. The molecule has 25 heavy (non-hydrogen) atoms. The van der Waals surface area contributed by atoms with Crippen LogP contribution in [0.1, 0.15) is 12.0 Å². The lowest BCUT2D eigenvalue weighted by Crippen LogP contribution is -2.38. The van der Waals surface area contributed by atoms with E-state index in [-0.39, 0.29) is 18.2 Å². The number of ether oxygens (including phenoxy) is 1. The van der Waals surface area contributed by atoms with Crippen molar-refractivity contribution in [2.45, 2.75) is 19.0 Å². The number of rotatable bonds is 5. The van der Waals surface area contributed by atoms with Gasteiger partial charge >= 0.3 is 0 Å². The van der Waals surface area contributed by atoms with E-state index in [1.165, 1.54) is 4.90 Å². The average Bonchev–Trinajstić information content (AvgIpc) is 2.88. The molecule has 0 aliphatic carbocycles. The first-order valence-electron chi connectivity index (χ1n) is 7.68. The molecule has 1 unspecified atom stereocenters. The van der Waals surface area contributed by atoms with E-state index in [9.17, 15) is 9.59 Å². The summed E-state index contributed by atoms with van der Waals surface area (Å²) in [5, 5.41) is 4.16. The molecule has 1 aliphatic rings. The molecular weight excluding hydrogens is 363 g/mol. The Morgan fingerprint density at radius 3 is 2.52 bits per heavy atom. The van der Waals surface area contributed by atoms with Gasteiger partial charge in [-0.15, -0.1) is 0 Å². The highest BCUT2D eigenvalue weighted by molar-refractivity contribution is 6.35. The molecule has 2 aromatic rings. The molecule has 3 rings (SSSR count). The molecule has 1 fully saturated rings. The van der Waals surface area contributed by atoms with Crippen LogP contribution in [0, 0.1) is 0 Å². The van der Waals surface area contributed by atoms with Gasteiger partial charge in [-0.1, -0.05) is 29.3 Å². The molecule has 2 amide bonds. The Bertz CT molecular complexity index is 808. The molecule has 1 saturated heterocycles. The van der Waals surface area contributed by atoms with Gasteiger partial charge in [-0.3, -0.25) is 9.59 Å². The van der Waals surface area contributed by atoms with Crippen molar-refractivity contribution >= 4 is 40.7 Å². The summed E-state index contributed by atoms with van der Waals surface area (Å²) in [6, 6.07) is 11.4. The van der Waals surface area contributed by atoms with Crippen LogP contribution in [0.3, 0.4) is 0 Å². The molecule has 1 aliphatic heterocycles. The molecule has 0 spiro atoms. The van der Waals surface area contributed by atoms with Gasteiger partial charge in [0.25, 0.3) is 5.91 Å². The molecule has 7 heteroatoms. The molecule has 1 N–H and O–H groups in total. The number of nitrogens with one attached hydrogen (secondary N) is 1. The number of methoxy groups -OCH3 is 1. The predicted octanol–water partition coefficient (Wildman–Crippen LogP) is 3.42. The third-order valence-corrected chi connectivity index (χ3v) is 4.62. The first-order chi connectivity index (χ1) is 12.0. The van der Waals surface area contributed by atoms with Crippen LogP contribution in [-0.2, 0) is 16.1 Å². The van der Waals surface area contributed by atoms with E-state index in [2.05, 4.69) is 5.32 Å². The SMILES string of the molecule is COc1ccc(N2C(=O)CC(NCc3ccc(Cl)cc3Cl)C2=O)cc1. The highest BCUT2D eigenvalue weighted by atomic mass is 35.5. The Labute approximate surface area is 155 Å². The second-order valence-electron chi connectivity index (χ2n) is 5.64. The Morgan fingerprint density at radius 2 is 1.88 bits per heavy atom. The van der Waals surface area contributed by atoms with Gasteiger partial charge in [0.05, 0.1) is 25.3 Å². The maximum atomic E-state index is 12.6. The second kappa shape index (κ2) is 7.44. The summed E-state index contributed by atoms with van der Waals surface area (Å²) < 4.78 is 5.09. The van der Waals surface area contributed by atoms with Gasteiger partial charge in [0, 0.05) is 16.6 Å². The number of benzene rings is 2. The summed E-state index contributed by atoms with van der Waals surface area (Å²) in [5.74, 6) is 0.144. The monoisotopic (exact) mass is 378 g/mol. The molecule has 0 bridgehead atoms. The zero-order valence-corrected chi connectivity index (χ0v) is 15.0. The number of halogens is 2. The van der Waals surface area contributed by atoms with Crippen LogP contribution in [0.2, 0.25) is 10.0 Å².